The van der Waals surface area contributed by atoms with Crippen molar-refractivity contribution in [2.24, 2.45) is 0 Å². The highest BCUT2D eigenvalue weighted by Gasteiger charge is 2.42. The third kappa shape index (κ3) is 2.78. The lowest BCUT2D eigenvalue weighted by molar-refractivity contribution is 0.0706. The molecule has 6 nitrogen and oxygen atoms in total. The normalized spacial score (nSPS) is 16.0. The second kappa shape index (κ2) is 6.72. The van der Waals surface area contributed by atoms with Crippen LogP contribution in [0.2, 0.25) is 5.02 Å². The number of rotatable bonds is 4. The number of hydrogen-bond acceptors (Lipinski definition) is 4. The molecule has 1 aromatic heterocycles. The van der Waals surface area contributed by atoms with E-state index in [1.54, 1.807) is 24.0 Å². The summed E-state index contributed by atoms with van der Waals surface area (Å²) in [7, 11) is 0. The summed E-state index contributed by atoms with van der Waals surface area (Å²) in [5.41, 5.74) is 3.63. The summed E-state index contributed by atoms with van der Waals surface area (Å²) in [5, 5.41) is 27.5. The molecule has 4 rings (SSSR count). The number of amides is 1. The molecule has 0 fully saturated rings. The Bertz CT molecular complexity index is 1020. The minimum atomic E-state index is -0.408. The first-order chi connectivity index (χ1) is 13.0. The molecule has 3 aromatic rings. The number of β-amino-alcohol motifs (C(OH)–C–C–N with tert-alkyl or cyclic N) is 1. The fraction of sp³-hybridized carbons (Fsp3) is 0.200. The third-order valence-corrected chi connectivity index (χ3v) is 5.26. The van der Waals surface area contributed by atoms with Crippen LogP contribution < -0.4 is 0 Å². The van der Waals surface area contributed by atoms with Crippen molar-refractivity contribution in [3.8, 4) is 17.0 Å². The van der Waals surface area contributed by atoms with E-state index in [1.807, 2.05) is 30.3 Å². The summed E-state index contributed by atoms with van der Waals surface area (Å²) in [4.78, 5) is 14.5. The molecule has 1 aliphatic rings. The Kier molecular flexibility index (Phi) is 4.37. The summed E-state index contributed by atoms with van der Waals surface area (Å²) >= 11 is 6.25. The number of phenols is 1. The Morgan fingerprint density at radius 1 is 1.26 bits per heavy atom. The van der Waals surface area contributed by atoms with Crippen LogP contribution in [0.15, 0.2) is 42.5 Å². The van der Waals surface area contributed by atoms with Gasteiger partial charge in [-0.15, -0.1) is 0 Å². The standard InChI is InChI=1S/C20H18ClN3O3/c1-11-9-15(26)13(10-14(11)21)17-16-18(23-22-17)20(27)24(7-8-25)19(16)12-5-3-2-4-6-12/h2-6,9-10,19,25-26H,7-8H2,1H3,(H,22,23)/t19-/m0/s1. The van der Waals surface area contributed by atoms with E-state index in [0.29, 0.717) is 27.5 Å². The number of aliphatic hydroxyl groups excluding tert-OH is 1. The number of nitrogens with zero attached hydrogens (tertiary/aromatic N) is 2. The van der Waals surface area contributed by atoms with E-state index in [9.17, 15) is 15.0 Å². The number of H-pyrrole nitrogens is 1. The molecule has 27 heavy (non-hydrogen) atoms. The first-order valence-electron chi connectivity index (χ1n) is 8.57. The van der Waals surface area contributed by atoms with Gasteiger partial charge in [0.05, 0.1) is 12.6 Å². The van der Waals surface area contributed by atoms with Gasteiger partial charge in [0.25, 0.3) is 5.91 Å². The second-order valence-corrected chi connectivity index (χ2v) is 6.92. The monoisotopic (exact) mass is 383 g/mol. The average molecular weight is 384 g/mol. The van der Waals surface area contributed by atoms with Crippen LogP contribution in [0, 0.1) is 6.92 Å². The van der Waals surface area contributed by atoms with E-state index in [4.69, 9.17) is 11.6 Å². The predicted octanol–water partition coefficient (Wildman–Crippen LogP) is 3.28. The number of carbonyl (C=O) groups is 1. The predicted molar refractivity (Wildman–Crippen MR) is 102 cm³/mol. The van der Waals surface area contributed by atoms with Crippen LogP contribution in [0.1, 0.15) is 33.2 Å². The number of phenolic OH excluding ortho intramolecular Hbond substituents is 1. The SMILES string of the molecule is Cc1cc(O)c(-c2n[nH]c3c2[C@H](c2ccccc2)N(CCO)C3=O)cc1Cl. The lowest BCUT2D eigenvalue weighted by atomic mass is 9.95. The molecule has 138 valence electrons. The van der Waals surface area contributed by atoms with E-state index in [-0.39, 0.29) is 24.8 Å². The molecule has 0 radical (unpaired) electrons. The van der Waals surface area contributed by atoms with Crippen molar-refractivity contribution < 1.29 is 15.0 Å². The third-order valence-electron chi connectivity index (χ3n) is 4.85. The number of fused-ring (bicyclic) bond motifs is 1. The molecular weight excluding hydrogens is 366 g/mol. The van der Waals surface area contributed by atoms with Crippen LogP contribution in [-0.4, -0.2) is 44.4 Å². The molecule has 1 aliphatic heterocycles. The Labute approximate surface area is 161 Å². The molecule has 2 aromatic carbocycles. The van der Waals surface area contributed by atoms with Crippen molar-refractivity contribution in [2.75, 3.05) is 13.2 Å². The fourth-order valence-corrected chi connectivity index (χ4v) is 3.74. The molecule has 0 bridgehead atoms. The second-order valence-electron chi connectivity index (χ2n) is 6.51. The Morgan fingerprint density at radius 3 is 2.70 bits per heavy atom. The first-order valence-corrected chi connectivity index (χ1v) is 8.95. The highest BCUT2D eigenvalue weighted by molar-refractivity contribution is 6.31. The average Bonchev–Trinajstić information content (AvgIpc) is 3.19. The van der Waals surface area contributed by atoms with E-state index in [2.05, 4.69) is 10.2 Å². The van der Waals surface area contributed by atoms with E-state index in [1.165, 1.54) is 0 Å². The van der Waals surface area contributed by atoms with Crippen LogP contribution in [-0.2, 0) is 0 Å². The van der Waals surface area contributed by atoms with Gasteiger partial charge in [-0.3, -0.25) is 9.89 Å². The number of nitrogens with one attached hydrogen (secondary N) is 1. The molecule has 0 spiro atoms. The number of benzene rings is 2. The number of aromatic amines is 1. The Hall–Kier alpha value is -2.83. The summed E-state index contributed by atoms with van der Waals surface area (Å²) in [6.07, 6.45) is 0. The lowest BCUT2D eigenvalue weighted by Crippen LogP contribution is -2.32. The van der Waals surface area contributed by atoms with Crippen molar-refractivity contribution in [2.45, 2.75) is 13.0 Å². The van der Waals surface area contributed by atoms with Crippen LogP contribution in [0.5, 0.6) is 5.75 Å². The molecule has 0 saturated carbocycles. The maximum Gasteiger partial charge on any atom is 0.273 e. The van der Waals surface area contributed by atoms with Gasteiger partial charge >= 0.3 is 0 Å². The van der Waals surface area contributed by atoms with Crippen LogP contribution in [0.25, 0.3) is 11.3 Å². The first kappa shape index (κ1) is 17.6. The summed E-state index contributed by atoms with van der Waals surface area (Å²) in [6.45, 7) is 1.85. The molecule has 1 amide bonds. The van der Waals surface area contributed by atoms with Gasteiger partial charge in [-0.2, -0.15) is 5.10 Å². The van der Waals surface area contributed by atoms with Gasteiger partial charge in [0.2, 0.25) is 0 Å². The quantitative estimate of drug-likeness (QED) is 0.645. The lowest BCUT2D eigenvalue weighted by Gasteiger charge is -2.25. The number of aryl methyl sites for hydroxylation is 1. The van der Waals surface area contributed by atoms with Gasteiger partial charge in [0.15, 0.2) is 0 Å². The molecular formula is C20H18ClN3O3. The zero-order valence-corrected chi connectivity index (χ0v) is 15.4. The van der Waals surface area contributed by atoms with E-state index in [0.717, 1.165) is 11.1 Å². The largest absolute Gasteiger partial charge is 0.507 e. The number of aliphatic hydroxyl groups is 1. The number of carbonyl (C=O) groups excluding carboxylic acids is 1. The topological polar surface area (TPSA) is 89.5 Å². The number of hydrogen-bond donors (Lipinski definition) is 3. The fourth-order valence-electron chi connectivity index (χ4n) is 3.58. The van der Waals surface area contributed by atoms with Crippen molar-refractivity contribution in [1.29, 1.82) is 0 Å². The van der Waals surface area contributed by atoms with Crippen LogP contribution in [0.4, 0.5) is 0 Å². The van der Waals surface area contributed by atoms with E-state index < -0.39 is 6.04 Å². The van der Waals surface area contributed by atoms with Gasteiger partial charge in [0.1, 0.15) is 17.1 Å². The van der Waals surface area contributed by atoms with Crippen LogP contribution in [0.3, 0.4) is 0 Å². The van der Waals surface area contributed by atoms with Crippen molar-refractivity contribution in [3.05, 3.63) is 69.9 Å². The summed E-state index contributed by atoms with van der Waals surface area (Å²) in [5.74, 6) is -0.185. The minimum absolute atomic E-state index is 0.0473. The van der Waals surface area contributed by atoms with Gasteiger partial charge in [-0.05, 0) is 30.2 Å². The van der Waals surface area contributed by atoms with Gasteiger partial charge < -0.3 is 15.1 Å². The molecule has 0 saturated heterocycles. The number of halogens is 1. The molecule has 2 heterocycles. The zero-order chi connectivity index (χ0) is 19.1. The number of aromatic hydroxyl groups is 1. The maximum absolute atomic E-state index is 12.9. The molecule has 1 atom stereocenters. The van der Waals surface area contributed by atoms with Crippen LogP contribution >= 0.6 is 11.6 Å². The van der Waals surface area contributed by atoms with Crippen molar-refractivity contribution in [1.82, 2.24) is 15.1 Å². The Morgan fingerprint density at radius 2 is 2.00 bits per heavy atom. The molecule has 3 N–H and O–H groups in total. The number of aromatic nitrogens is 2. The highest BCUT2D eigenvalue weighted by atomic mass is 35.5. The highest BCUT2D eigenvalue weighted by Crippen LogP contribution is 2.45. The van der Waals surface area contributed by atoms with Gasteiger partial charge in [0, 0.05) is 22.7 Å². The molecule has 7 heteroatoms. The summed E-state index contributed by atoms with van der Waals surface area (Å²) in [6, 6.07) is 12.4. The van der Waals surface area contributed by atoms with Gasteiger partial charge in [-0.25, -0.2) is 0 Å². The zero-order valence-electron chi connectivity index (χ0n) is 14.6. The summed E-state index contributed by atoms with van der Waals surface area (Å²) < 4.78 is 0. The minimum Gasteiger partial charge on any atom is -0.507 e. The van der Waals surface area contributed by atoms with Gasteiger partial charge in [-0.1, -0.05) is 41.9 Å². The molecule has 0 unspecified atom stereocenters. The molecule has 0 aliphatic carbocycles. The van der Waals surface area contributed by atoms with Crippen molar-refractivity contribution >= 4 is 17.5 Å². The Balaban J connectivity index is 1.93. The van der Waals surface area contributed by atoms with E-state index >= 15 is 0 Å². The maximum atomic E-state index is 12.9. The smallest absolute Gasteiger partial charge is 0.273 e. The van der Waals surface area contributed by atoms with Crippen molar-refractivity contribution in [3.63, 3.8) is 0 Å².